The van der Waals surface area contributed by atoms with Gasteiger partial charge in [-0.3, -0.25) is 4.84 Å². The summed E-state index contributed by atoms with van der Waals surface area (Å²) in [5.74, 6) is 4.85. The molecule has 6 heteroatoms. The smallest absolute Gasteiger partial charge is 0.131 e. The van der Waals surface area contributed by atoms with Gasteiger partial charge in [-0.2, -0.15) is 0 Å². The Bertz CT molecular complexity index is 236. The SMILES string of the molecule is Cl.NOCc1cc(Cl)nc(Cl)c1. The van der Waals surface area contributed by atoms with Gasteiger partial charge in [0.25, 0.3) is 0 Å². The Morgan fingerprint density at radius 3 is 2.25 bits per heavy atom. The first-order chi connectivity index (χ1) is 5.22. The van der Waals surface area contributed by atoms with E-state index in [1.165, 1.54) is 0 Å². The van der Waals surface area contributed by atoms with Gasteiger partial charge in [0.05, 0.1) is 6.61 Å². The molecule has 0 aliphatic carbocycles. The molecule has 0 unspecified atom stereocenters. The Labute approximate surface area is 86.2 Å². The van der Waals surface area contributed by atoms with Crippen molar-refractivity contribution < 1.29 is 4.84 Å². The van der Waals surface area contributed by atoms with Crippen LogP contribution in [0.1, 0.15) is 5.56 Å². The Morgan fingerprint density at radius 1 is 1.33 bits per heavy atom. The van der Waals surface area contributed by atoms with Crippen LogP contribution in [-0.2, 0) is 11.4 Å². The van der Waals surface area contributed by atoms with Gasteiger partial charge >= 0.3 is 0 Å². The van der Waals surface area contributed by atoms with Gasteiger partial charge in [0.15, 0.2) is 0 Å². The van der Waals surface area contributed by atoms with Crippen molar-refractivity contribution in [2.45, 2.75) is 6.61 Å². The monoisotopic (exact) mass is 228 g/mol. The average Bonchev–Trinajstić information content (AvgIpc) is 1.85. The summed E-state index contributed by atoms with van der Waals surface area (Å²) in [6.45, 7) is 0.280. The topological polar surface area (TPSA) is 48.1 Å². The van der Waals surface area contributed by atoms with Crippen LogP contribution in [0.25, 0.3) is 0 Å². The summed E-state index contributed by atoms with van der Waals surface area (Å²) in [6.07, 6.45) is 0. The van der Waals surface area contributed by atoms with E-state index in [9.17, 15) is 0 Å². The Morgan fingerprint density at radius 2 is 1.83 bits per heavy atom. The minimum absolute atomic E-state index is 0. The van der Waals surface area contributed by atoms with Crippen molar-refractivity contribution in [3.63, 3.8) is 0 Å². The first-order valence-electron chi connectivity index (χ1n) is 2.86. The van der Waals surface area contributed by atoms with Crippen LogP contribution < -0.4 is 5.90 Å². The highest BCUT2D eigenvalue weighted by atomic mass is 35.5. The molecule has 0 radical (unpaired) electrons. The number of hydrogen-bond donors (Lipinski definition) is 1. The second kappa shape index (κ2) is 5.56. The fraction of sp³-hybridized carbons (Fsp3) is 0.167. The van der Waals surface area contributed by atoms with Crippen molar-refractivity contribution in [3.05, 3.63) is 28.0 Å². The number of hydrogen-bond acceptors (Lipinski definition) is 3. The molecule has 0 fully saturated rings. The van der Waals surface area contributed by atoms with Crippen LogP contribution in [0.4, 0.5) is 0 Å². The summed E-state index contributed by atoms with van der Waals surface area (Å²) in [5.41, 5.74) is 0.803. The molecule has 0 amide bonds. The lowest BCUT2D eigenvalue weighted by Crippen LogP contribution is -1.99. The maximum absolute atomic E-state index is 5.59. The zero-order valence-corrected chi connectivity index (χ0v) is 8.29. The van der Waals surface area contributed by atoms with E-state index in [4.69, 9.17) is 29.1 Å². The van der Waals surface area contributed by atoms with E-state index in [1.54, 1.807) is 12.1 Å². The van der Waals surface area contributed by atoms with Gasteiger partial charge in [-0.05, 0) is 17.7 Å². The first kappa shape index (κ1) is 11.9. The number of aromatic nitrogens is 1. The van der Waals surface area contributed by atoms with E-state index in [1.807, 2.05) is 0 Å². The molecule has 68 valence electrons. The third-order valence-electron chi connectivity index (χ3n) is 1.07. The average molecular weight is 229 g/mol. The molecule has 12 heavy (non-hydrogen) atoms. The summed E-state index contributed by atoms with van der Waals surface area (Å²) >= 11 is 11.2. The predicted molar refractivity (Wildman–Crippen MR) is 50.5 cm³/mol. The van der Waals surface area contributed by atoms with Crippen molar-refractivity contribution in [3.8, 4) is 0 Å². The summed E-state index contributed by atoms with van der Waals surface area (Å²) in [4.78, 5) is 8.14. The molecule has 0 saturated carbocycles. The van der Waals surface area contributed by atoms with Crippen LogP contribution >= 0.6 is 35.6 Å². The van der Waals surface area contributed by atoms with Crippen LogP contribution in [0, 0.1) is 0 Å². The number of nitrogens with zero attached hydrogens (tertiary/aromatic N) is 1. The molecule has 0 spiro atoms. The summed E-state index contributed by atoms with van der Waals surface area (Å²) in [6, 6.07) is 3.28. The van der Waals surface area contributed by atoms with Crippen LogP contribution in [0.15, 0.2) is 12.1 Å². The van der Waals surface area contributed by atoms with Gasteiger partial charge in [0.1, 0.15) is 10.3 Å². The molecule has 1 aromatic rings. The molecule has 1 aromatic heterocycles. The van der Waals surface area contributed by atoms with E-state index in [0.29, 0.717) is 10.3 Å². The minimum atomic E-state index is 0. The zero-order chi connectivity index (χ0) is 8.27. The van der Waals surface area contributed by atoms with Crippen LogP contribution in [0.3, 0.4) is 0 Å². The minimum Gasteiger partial charge on any atom is -0.300 e. The number of nitrogens with two attached hydrogens (primary N) is 1. The maximum atomic E-state index is 5.59. The number of halogens is 3. The molecule has 1 rings (SSSR count). The second-order valence-corrected chi connectivity index (χ2v) is 2.71. The Hall–Kier alpha value is -0.0600. The molecular formula is C6H7Cl3N2O. The molecule has 0 saturated heterocycles. The van der Waals surface area contributed by atoms with Gasteiger partial charge in [-0.15, -0.1) is 12.4 Å². The van der Waals surface area contributed by atoms with Gasteiger partial charge in [-0.25, -0.2) is 10.9 Å². The van der Waals surface area contributed by atoms with Crippen LogP contribution in [-0.4, -0.2) is 4.98 Å². The second-order valence-electron chi connectivity index (χ2n) is 1.93. The molecule has 3 nitrogen and oxygen atoms in total. The number of pyridine rings is 1. The van der Waals surface area contributed by atoms with Gasteiger partial charge in [-0.1, -0.05) is 23.2 Å². The molecule has 0 atom stereocenters. The Balaban J connectivity index is 0.00000121. The first-order valence-corrected chi connectivity index (χ1v) is 3.61. The van der Waals surface area contributed by atoms with Crippen molar-refractivity contribution in [1.82, 2.24) is 4.98 Å². The predicted octanol–water partition coefficient (Wildman–Crippen LogP) is 2.20. The van der Waals surface area contributed by atoms with Crippen LogP contribution in [0.5, 0.6) is 0 Å². The molecule has 0 aromatic carbocycles. The standard InChI is InChI=1S/C6H6Cl2N2O.ClH/c7-5-1-4(3-11-9)2-6(8)10-5;/h1-2H,3,9H2;1H. The van der Waals surface area contributed by atoms with E-state index in [0.717, 1.165) is 5.56 Å². The highest BCUT2D eigenvalue weighted by Crippen LogP contribution is 2.14. The molecule has 0 aliphatic heterocycles. The lowest BCUT2D eigenvalue weighted by molar-refractivity contribution is 0.124. The summed E-state index contributed by atoms with van der Waals surface area (Å²) in [5, 5.41) is 0.675. The van der Waals surface area contributed by atoms with E-state index >= 15 is 0 Å². The number of rotatable bonds is 2. The van der Waals surface area contributed by atoms with Crippen molar-refractivity contribution in [1.29, 1.82) is 0 Å². The maximum Gasteiger partial charge on any atom is 0.131 e. The van der Waals surface area contributed by atoms with Gasteiger partial charge < -0.3 is 0 Å². The van der Waals surface area contributed by atoms with Gasteiger partial charge in [0.2, 0.25) is 0 Å². The molecular weight excluding hydrogens is 222 g/mol. The van der Waals surface area contributed by atoms with Crippen molar-refractivity contribution in [2.24, 2.45) is 5.90 Å². The normalized spacial score (nSPS) is 9.25. The van der Waals surface area contributed by atoms with E-state index in [-0.39, 0.29) is 19.0 Å². The van der Waals surface area contributed by atoms with Crippen LogP contribution in [0.2, 0.25) is 10.3 Å². The highest BCUT2D eigenvalue weighted by molar-refractivity contribution is 6.32. The zero-order valence-electron chi connectivity index (χ0n) is 5.96. The lowest BCUT2D eigenvalue weighted by Gasteiger charge is -1.99. The molecule has 0 bridgehead atoms. The quantitative estimate of drug-likeness (QED) is 0.625. The summed E-state index contributed by atoms with van der Waals surface area (Å²) in [7, 11) is 0. The Kier molecular flexibility index (Phi) is 5.53. The molecule has 0 aliphatic rings. The third-order valence-corrected chi connectivity index (χ3v) is 1.46. The fourth-order valence-corrected chi connectivity index (χ4v) is 1.20. The van der Waals surface area contributed by atoms with Crippen molar-refractivity contribution in [2.75, 3.05) is 0 Å². The van der Waals surface area contributed by atoms with E-state index < -0.39 is 0 Å². The van der Waals surface area contributed by atoms with Crippen molar-refractivity contribution >= 4 is 35.6 Å². The fourth-order valence-electron chi connectivity index (χ4n) is 0.694. The van der Waals surface area contributed by atoms with Gasteiger partial charge in [0, 0.05) is 0 Å². The third kappa shape index (κ3) is 3.56. The molecule has 2 N–H and O–H groups in total. The largest absolute Gasteiger partial charge is 0.300 e. The van der Waals surface area contributed by atoms with E-state index in [2.05, 4.69) is 9.82 Å². The summed E-state index contributed by atoms with van der Waals surface area (Å²) < 4.78 is 0. The lowest BCUT2D eigenvalue weighted by atomic mass is 10.3. The molecule has 1 heterocycles. The highest BCUT2D eigenvalue weighted by Gasteiger charge is 1.98.